The highest BCUT2D eigenvalue weighted by Gasteiger charge is 2.03. The molecule has 0 saturated heterocycles. The lowest BCUT2D eigenvalue weighted by molar-refractivity contribution is 0.534. The summed E-state index contributed by atoms with van der Waals surface area (Å²) in [7, 11) is 0. The highest BCUT2D eigenvalue weighted by molar-refractivity contribution is 6.32. The van der Waals surface area contributed by atoms with Crippen LogP contribution in [0.3, 0.4) is 0 Å². The molecule has 1 aromatic heterocycles. The van der Waals surface area contributed by atoms with Crippen molar-refractivity contribution in [2.75, 3.05) is 5.73 Å². The summed E-state index contributed by atoms with van der Waals surface area (Å²) in [6.45, 7) is 8.03. The topological polar surface area (TPSA) is 43.8 Å². The van der Waals surface area contributed by atoms with Crippen LogP contribution in [0.1, 0.15) is 33.7 Å². The molecule has 0 atom stereocenters. The Hall–Kier alpha value is -0.700. The summed E-state index contributed by atoms with van der Waals surface area (Å²) in [6.07, 6.45) is 1.72. The van der Waals surface area contributed by atoms with Gasteiger partial charge in [0.25, 0.3) is 0 Å². The van der Waals surface area contributed by atoms with Crippen LogP contribution in [0.25, 0.3) is 0 Å². The van der Waals surface area contributed by atoms with Gasteiger partial charge in [0.1, 0.15) is 5.02 Å². The number of rotatable bonds is 1. The number of anilines is 1. The second-order valence-corrected chi connectivity index (χ2v) is 2.84. The zero-order chi connectivity index (χ0) is 9.72. The van der Waals surface area contributed by atoms with E-state index in [-0.39, 0.29) is 0 Å². The van der Waals surface area contributed by atoms with Crippen molar-refractivity contribution in [3.63, 3.8) is 0 Å². The average Bonchev–Trinajstić information content (AvgIpc) is 2.36. The van der Waals surface area contributed by atoms with Crippen LogP contribution in [0, 0.1) is 0 Å². The molecule has 0 fully saturated rings. The predicted molar refractivity (Wildman–Crippen MR) is 53.4 cm³/mol. The quantitative estimate of drug-likeness (QED) is 0.739. The average molecular weight is 190 g/mol. The lowest BCUT2D eigenvalue weighted by atomic mass is 10.4. The molecule has 0 radical (unpaired) electrons. The van der Waals surface area contributed by atoms with E-state index in [2.05, 4.69) is 5.10 Å². The van der Waals surface area contributed by atoms with E-state index in [1.165, 1.54) is 0 Å². The molecule has 1 heterocycles. The fourth-order valence-electron chi connectivity index (χ4n) is 0.648. The van der Waals surface area contributed by atoms with Gasteiger partial charge in [0, 0.05) is 12.2 Å². The maximum absolute atomic E-state index is 5.67. The molecule has 0 amide bonds. The summed E-state index contributed by atoms with van der Waals surface area (Å²) in [4.78, 5) is 0. The van der Waals surface area contributed by atoms with E-state index in [9.17, 15) is 0 Å². The van der Waals surface area contributed by atoms with Gasteiger partial charge in [-0.3, -0.25) is 4.68 Å². The van der Waals surface area contributed by atoms with E-state index >= 15 is 0 Å². The van der Waals surface area contributed by atoms with Crippen LogP contribution in [0.5, 0.6) is 0 Å². The Morgan fingerprint density at radius 1 is 1.50 bits per heavy atom. The first-order valence-electron chi connectivity index (χ1n) is 4.11. The van der Waals surface area contributed by atoms with Gasteiger partial charge in [0.2, 0.25) is 0 Å². The number of aromatic nitrogens is 2. The normalized spacial score (nSPS) is 9.50. The van der Waals surface area contributed by atoms with Crippen LogP contribution in [0.15, 0.2) is 6.20 Å². The molecule has 2 N–H and O–H groups in total. The predicted octanol–water partition coefficient (Wildman–Crippen LogP) is 2.73. The molecule has 0 aliphatic heterocycles. The molecule has 0 bridgehead atoms. The number of nitrogen functional groups attached to an aromatic ring is 1. The van der Waals surface area contributed by atoms with E-state index in [1.54, 1.807) is 10.9 Å². The molecular weight excluding hydrogens is 174 g/mol. The highest BCUT2D eigenvalue weighted by atomic mass is 35.5. The molecule has 70 valence electrons. The van der Waals surface area contributed by atoms with Gasteiger partial charge in [0.05, 0.1) is 0 Å². The molecule has 0 spiro atoms. The molecule has 0 aliphatic carbocycles. The smallest absolute Gasteiger partial charge is 0.164 e. The van der Waals surface area contributed by atoms with E-state index < -0.39 is 0 Å². The first kappa shape index (κ1) is 11.3. The van der Waals surface area contributed by atoms with Crippen LogP contribution < -0.4 is 5.73 Å². The molecule has 12 heavy (non-hydrogen) atoms. The van der Waals surface area contributed by atoms with Gasteiger partial charge in [-0.2, -0.15) is 5.10 Å². The maximum Gasteiger partial charge on any atom is 0.164 e. The molecule has 3 nitrogen and oxygen atoms in total. The summed E-state index contributed by atoms with van der Waals surface area (Å²) < 4.78 is 1.73. The maximum atomic E-state index is 5.67. The second-order valence-electron chi connectivity index (χ2n) is 2.44. The van der Waals surface area contributed by atoms with Gasteiger partial charge in [-0.05, 0) is 13.8 Å². The molecule has 0 aliphatic rings. The minimum absolute atomic E-state index is 0.315. The molecule has 0 aromatic carbocycles. The standard InChI is InChI=1S/C6H10ClN3.C2H6/c1-4(2)10-3-5(7)6(8)9-10;1-2/h3-4H,1-2H3,(H2,8,9);1-2H3. The third kappa shape index (κ3) is 2.74. The van der Waals surface area contributed by atoms with Gasteiger partial charge in [0.15, 0.2) is 5.82 Å². The van der Waals surface area contributed by atoms with Gasteiger partial charge >= 0.3 is 0 Å². The number of nitrogens with two attached hydrogens (primary N) is 1. The van der Waals surface area contributed by atoms with Gasteiger partial charge in [-0.25, -0.2) is 0 Å². The van der Waals surface area contributed by atoms with E-state index in [0.717, 1.165) is 0 Å². The molecular formula is C8H16ClN3. The SMILES string of the molecule is CC.CC(C)n1cc(Cl)c(N)n1. The van der Waals surface area contributed by atoms with Gasteiger partial charge < -0.3 is 5.73 Å². The summed E-state index contributed by atoms with van der Waals surface area (Å²) in [5.41, 5.74) is 5.41. The molecule has 0 unspecified atom stereocenters. The Morgan fingerprint density at radius 3 is 2.17 bits per heavy atom. The Kier molecular flexibility index (Phi) is 4.74. The number of halogens is 1. The van der Waals surface area contributed by atoms with E-state index in [1.807, 2.05) is 27.7 Å². The van der Waals surface area contributed by atoms with E-state index in [4.69, 9.17) is 17.3 Å². The number of nitrogens with zero attached hydrogens (tertiary/aromatic N) is 2. The van der Waals surface area contributed by atoms with Crippen molar-refractivity contribution < 1.29 is 0 Å². The Labute approximate surface area is 78.5 Å². The molecule has 1 rings (SSSR count). The van der Waals surface area contributed by atoms with E-state index in [0.29, 0.717) is 16.9 Å². The largest absolute Gasteiger partial charge is 0.381 e. The van der Waals surface area contributed by atoms with Crippen LogP contribution >= 0.6 is 11.6 Å². The van der Waals surface area contributed by atoms with Crippen molar-refractivity contribution in [1.82, 2.24) is 9.78 Å². The van der Waals surface area contributed by atoms with Gasteiger partial charge in [-0.15, -0.1) is 0 Å². The first-order valence-corrected chi connectivity index (χ1v) is 4.49. The van der Waals surface area contributed by atoms with Crippen molar-refractivity contribution in [1.29, 1.82) is 0 Å². The van der Waals surface area contributed by atoms with Crippen molar-refractivity contribution in [2.45, 2.75) is 33.7 Å². The molecule has 4 heteroatoms. The van der Waals surface area contributed by atoms with Crippen molar-refractivity contribution in [3.05, 3.63) is 11.2 Å². The lowest BCUT2D eigenvalue weighted by Crippen LogP contribution is -2.01. The number of hydrogen-bond acceptors (Lipinski definition) is 2. The van der Waals surface area contributed by atoms with Crippen molar-refractivity contribution in [2.24, 2.45) is 0 Å². The second kappa shape index (κ2) is 5.04. The van der Waals surface area contributed by atoms with Crippen LogP contribution in [-0.2, 0) is 0 Å². The van der Waals surface area contributed by atoms with Crippen LogP contribution in [-0.4, -0.2) is 9.78 Å². The summed E-state index contributed by atoms with van der Waals surface area (Å²) in [5, 5.41) is 4.49. The summed E-state index contributed by atoms with van der Waals surface area (Å²) in [6, 6.07) is 0.315. The molecule has 1 aromatic rings. The Balaban J connectivity index is 0.000000561. The zero-order valence-corrected chi connectivity index (χ0v) is 8.76. The lowest BCUT2D eigenvalue weighted by Gasteiger charge is -2.02. The summed E-state index contributed by atoms with van der Waals surface area (Å²) in [5.74, 6) is 0.398. The minimum Gasteiger partial charge on any atom is -0.381 e. The third-order valence-corrected chi connectivity index (χ3v) is 1.53. The third-order valence-electron chi connectivity index (χ3n) is 1.24. The Bertz CT molecular complexity index is 211. The van der Waals surface area contributed by atoms with Gasteiger partial charge in [-0.1, -0.05) is 25.4 Å². The van der Waals surface area contributed by atoms with Crippen LogP contribution in [0.2, 0.25) is 5.02 Å². The Morgan fingerprint density at radius 2 is 2.00 bits per heavy atom. The summed E-state index contributed by atoms with van der Waals surface area (Å²) >= 11 is 5.67. The monoisotopic (exact) mass is 189 g/mol. The number of hydrogen-bond donors (Lipinski definition) is 1. The fraction of sp³-hybridized carbons (Fsp3) is 0.625. The van der Waals surface area contributed by atoms with Crippen LogP contribution in [0.4, 0.5) is 5.82 Å². The van der Waals surface area contributed by atoms with Crippen molar-refractivity contribution >= 4 is 17.4 Å². The zero-order valence-electron chi connectivity index (χ0n) is 8.00. The first-order chi connectivity index (χ1) is 5.61. The minimum atomic E-state index is 0.315. The van der Waals surface area contributed by atoms with Crippen molar-refractivity contribution in [3.8, 4) is 0 Å². The highest BCUT2D eigenvalue weighted by Crippen LogP contribution is 2.17. The fourth-order valence-corrected chi connectivity index (χ4v) is 0.786. The molecule has 0 saturated carbocycles.